The minimum atomic E-state index is -1.17. The molecule has 0 unspecified atom stereocenters. The van der Waals surface area contributed by atoms with Gasteiger partial charge in [0.25, 0.3) is 0 Å². The molecular weight excluding hydrogens is 300 g/mol. The molecule has 1 amide bonds. The fraction of sp³-hybridized carbons (Fsp3) is 0.312. The zero-order chi connectivity index (χ0) is 16.3. The van der Waals surface area contributed by atoms with Crippen LogP contribution in [0.5, 0.6) is 0 Å². The first-order valence-corrected chi connectivity index (χ1v) is 7.74. The summed E-state index contributed by atoms with van der Waals surface area (Å²) in [6, 6.07) is 4.04. The predicted octanol–water partition coefficient (Wildman–Crippen LogP) is 1.54. The Bertz CT molecular complexity index is 699. The summed E-state index contributed by atoms with van der Waals surface area (Å²) in [5.74, 6) is -1.34. The Morgan fingerprint density at radius 2 is 1.82 bits per heavy atom. The number of aliphatic carboxylic acids is 1. The Morgan fingerprint density at radius 3 is 2.41 bits per heavy atom. The summed E-state index contributed by atoms with van der Waals surface area (Å²) in [6.45, 7) is 5.92. The molecule has 1 N–H and O–H groups in total. The average Bonchev–Trinajstić information content (AvgIpc) is 2.80. The third kappa shape index (κ3) is 4.14. The molecule has 1 heterocycles. The van der Waals surface area contributed by atoms with Gasteiger partial charge < -0.3 is 15.2 Å². The van der Waals surface area contributed by atoms with Gasteiger partial charge in [-0.15, -0.1) is 11.3 Å². The normalized spacial score (nSPS) is 10.5. The number of aryl methyl sites for hydroxylation is 3. The maximum absolute atomic E-state index is 12.1. The van der Waals surface area contributed by atoms with Gasteiger partial charge in [-0.2, -0.15) is 0 Å². The molecule has 2 rings (SSSR count). The molecule has 1 aromatic carbocycles. The number of nitrogens with zero attached hydrogens (tertiary/aromatic N) is 1. The van der Waals surface area contributed by atoms with E-state index in [2.05, 4.69) is 10.3 Å². The van der Waals surface area contributed by atoms with E-state index in [0.29, 0.717) is 10.7 Å². The molecule has 1 aromatic heterocycles. The smallest absolute Gasteiger partial charge is 0.231 e. The summed E-state index contributed by atoms with van der Waals surface area (Å²) in [6.07, 6.45) is -0.0984. The van der Waals surface area contributed by atoms with Gasteiger partial charge in [-0.05, 0) is 31.9 Å². The van der Waals surface area contributed by atoms with Crippen LogP contribution < -0.4 is 10.4 Å². The molecule has 22 heavy (non-hydrogen) atoms. The van der Waals surface area contributed by atoms with Crippen LogP contribution >= 0.6 is 11.3 Å². The van der Waals surface area contributed by atoms with Gasteiger partial charge in [-0.25, -0.2) is 4.98 Å². The number of carbonyl (C=O) groups is 2. The Kier molecular flexibility index (Phi) is 4.92. The molecular formula is C16H17N2O3S-. The van der Waals surface area contributed by atoms with Gasteiger partial charge >= 0.3 is 0 Å². The highest BCUT2D eigenvalue weighted by Crippen LogP contribution is 2.22. The van der Waals surface area contributed by atoms with Crippen LogP contribution in [0.3, 0.4) is 0 Å². The van der Waals surface area contributed by atoms with Crippen molar-refractivity contribution in [3.63, 3.8) is 0 Å². The summed E-state index contributed by atoms with van der Waals surface area (Å²) >= 11 is 1.28. The quantitative estimate of drug-likeness (QED) is 0.907. The number of aromatic nitrogens is 1. The minimum Gasteiger partial charge on any atom is -0.550 e. The van der Waals surface area contributed by atoms with Gasteiger partial charge in [-0.1, -0.05) is 17.7 Å². The number of thiazole rings is 1. The highest BCUT2D eigenvalue weighted by molar-refractivity contribution is 7.09. The lowest BCUT2D eigenvalue weighted by atomic mass is 10.1. The third-order valence-electron chi connectivity index (χ3n) is 3.18. The van der Waals surface area contributed by atoms with Crippen molar-refractivity contribution in [2.24, 2.45) is 0 Å². The Morgan fingerprint density at radius 1 is 1.18 bits per heavy atom. The molecule has 5 nitrogen and oxygen atoms in total. The molecule has 0 fully saturated rings. The monoisotopic (exact) mass is 317 g/mol. The molecule has 0 bridgehead atoms. The number of carbonyl (C=O) groups excluding carboxylic acids is 2. The van der Waals surface area contributed by atoms with E-state index in [-0.39, 0.29) is 18.7 Å². The fourth-order valence-corrected chi connectivity index (χ4v) is 3.15. The SMILES string of the molecule is Cc1cc(C)c(NC(=O)Cc2nc(CC(=O)[O-])cs2)c(C)c1. The van der Waals surface area contributed by atoms with Crippen LogP contribution in [0, 0.1) is 20.8 Å². The van der Waals surface area contributed by atoms with Crippen LogP contribution in [0.1, 0.15) is 27.4 Å². The second kappa shape index (κ2) is 6.70. The highest BCUT2D eigenvalue weighted by atomic mass is 32.1. The van der Waals surface area contributed by atoms with Crippen molar-refractivity contribution in [3.8, 4) is 0 Å². The fourth-order valence-electron chi connectivity index (χ4n) is 2.36. The molecule has 0 aliphatic heterocycles. The van der Waals surface area contributed by atoms with Crippen molar-refractivity contribution in [2.75, 3.05) is 5.32 Å². The van der Waals surface area contributed by atoms with Gasteiger partial charge in [0.1, 0.15) is 5.01 Å². The van der Waals surface area contributed by atoms with Crippen LogP contribution in [0.4, 0.5) is 5.69 Å². The summed E-state index contributed by atoms with van der Waals surface area (Å²) < 4.78 is 0. The average molecular weight is 317 g/mol. The van der Waals surface area contributed by atoms with Crippen LogP contribution in [-0.4, -0.2) is 16.9 Å². The maximum Gasteiger partial charge on any atom is 0.231 e. The second-order valence-corrected chi connectivity index (χ2v) is 6.22. The molecule has 116 valence electrons. The number of carboxylic acids is 1. The number of nitrogens with one attached hydrogen (secondary N) is 1. The molecule has 0 atom stereocenters. The van der Waals surface area contributed by atoms with Crippen molar-refractivity contribution >= 4 is 28.9 Å². The van der Waals surface area contributed by atoms with E-state index in [4.69, 9.17) is 0 Å². The lowest BCUT2D eigenvalue weighted by Gasteiger charge is -2.12. The van der Waals surface area contributed by atoms with Crippen LogP contribution in [-0.2, 0) is 22.4 Å². The molecule has 0 saturated carbocycles. The van der Waals surface area contributed by atoms with E-state index in [0.717, 1.165) is 22.4 Å². The molecule has 0 spiro atoms. The Labute approximate surface area is 133 Å². The molecule has 0 aliphatic rings. The van der Waals surface area contributed by atoms with Crippen molar-refractivity contribution in [1.29, 1.82) is 0 Å². The van der Waals surface area contributed by atoms with Gasteiger partial charge in [0, 0.05) is 23.5 Å². The number of benzene rings is 1. The van der Waals surface area contributed by atoms with Crippen LogP contribution in [0.15, 0.2) is 17.5 Å². The van der Waals surface area contributed by atoms with Gasteiger partial charge in [-0.3, -0.25) is 4.79 Å². The summed E-state index contributed by atoms with van der Waals surface area (Å²) in [7, 11) is 0. The largest absolute Gasteiger partial charge is 0.550 e. The van der Waals surface area contributed by atoms with Crippen molar-refractivity contribution < 1.29 is 14.7 Å². The molecule has 6 heteroatoms. The Hall–Kier alpha value is -2.21. The molecule has 0 radical (unpaired) electrons. The topological polar surface area (TPSA) is 82.1 Å². The molecule has 0 saturated heterocycles. The van der Waals surface area contributed by atoms with Crippen molar-refractivity contribution in [3.05, 3.63) is 44.9 Å². The van der Waals surface area contributed by atoms with Gasteiger partial charge in [0.05, 0.1) is 12.1 Å². The number of carboxylic acid groups (broad SMARTS) is 1. The third-order valence-corrected chi connectivity index (χ3v) is 4.08. The number of hydrogen-bond acceptors (Lipinski definition) is 5. The first-order valence-electron chi connectivity index (χ1n) is 6.86. The van der Waals surface area contributed by atoms with Crippen LogP contribution in [0.25, 0.3) is 0 Å². The highest BCUT2D eigenvalue weighted by Gasteiger charge is 2.11. The number of rotatable bonds is 5. The first-order chi connectivity index (χ1) is 10.3. The zero-order valence-electron chi connectivity index (χ0n) is 12.7. The second-order valence-electron chi connectivity index (χ2n) is 5.28. The van der Waals surface area contributed by atoms with E-state index in [1.807, 2.05) is 32.9 Å². The standard InChI is InChI=1S/C16H18N2O3S/c1-9-4-10(2)16(11(3)5-9)18-13(19)7-14-17-12(8-22-14)6-15(20)21/h4-5,8H,6-7H2,1-3H3,(H,18,19)(H,20,21)/p-1. The first kappa shape index (κ1) is 16.2. The number of amides is 1. The van der Waals surface area contributed by atoms with Crippen molar-refractivity contribution in [1.82, 2.24) is 4.98 Å². The molecule has 0 aliphatic carbocycles. The Balaban J connectivity index is 2.04. The van der Waals surface area contributed by atoms with E-state index < -0.39 is 5.97 Å². The summed E-state index contributed by atoms with van der Waals surface area (Å²) in [5.41, 5.74) is 4.43. The van der Waals surface area contributed by atoms with E-state index >= 15 is 0 Å². The van der Waals surface area contributed by atoms with Crippen LogP contribution in [0.2, 0.25) is 0 Å². The van der Waals surface area contributed by atoms with Gasteiger partial charge in [0.15, 0.2) is 0 Å². The molecule has 2 aromatic rings. The zero-order valence-corrected chi connectivity index (χ0v) is 13.5. The van der Waals surface area contributed by atoms with E-state index in [9.17, 15) is 14.7 Å². The van der Waals surface area contributed by atoms with Crippen molar-refractivity contribution in [2.45, 2.75) is 33.6 Å². The van der Waals surface area contributed by atoms with E-state index in [1.54, 1.807) is 5.38 Å². The lowest BCUT2D eigenvalue weighted by molar-refractivity contribution is -0.304. The van der Waals surface area contributed by atoms with Gasteiger partial charge in [0.2, 0.25) is 5.91 Å². The summed E-state index contributed by atoms with van der Waals surface area (Å²) in [5, 5.41) is 15.7. The lowest BCUT2D eigenvalue weighted by Crippen LogP contribution is -2.24. The number of hydrogen-bond donors (Lipinski definition) is 1. The maximum atomic E-state index is 12.1. The predicted molar refractivity (Wildman–Crippen MR) is 83.8 cm³/mol. The van der Waals surface area contributed by atoms with E-state index in [1.165, 1.54) is 11.3 Å². The summed E-state index contributed by atoms with van der Waals surface area (Å²) in [4.78, 5) is 26.8. The number of anilines is 1. The minimum absolute atomic E-state index is 0.129.